The molecule has 0 saturated carbocycles. The van der Waals surface area contributed by atoms with Crippen molar-refractivity contribution in [1.29, 1.82) is 0 Å². The fourth-order valence-electron chi connectivity index (χ4n) is 1.84. The van der Waals surface area contributed by atoms with Gasteiger partial charge in [-0.05, 0) is 18.2 Å². The summed E-state index contributed by atoms with van der Waals surface area (Å²) in [5.74, 6) is -0.474. The number of benzene rings is 1. The van der Waals surface area contributed by atoms with Gasteiger partial charge in [-0.3, -0.25) is 14.5 Å². The van der Waals surface area contributed by atoms with Crippen molar-refractivity contribution in [3.63, 3.8) is 0 Å². The van der Waals surface area contributed by atoms with Crippen LogP contribution in [-0.4, -0.2) is 34.8 Å². The number of amides is 2. The van der Waals surface area contributed by atoms with Gasteiger partial charge in [0.1, 0.15) is 11.0 Å². The van der Waals surface area contributed by atoms with Crippen molar-refractivity contribution in [2.45, 2.75) is 12.5 Å². The number of anilines is 1. The summed E-state index contributed by atoms with van der Waals surface area (Å²) >= 11 is 10.9. The van der Waals surface area contributed by atoms with E-state index in [9.17, 15) is 9.59 Å². The monoisotopic (exact) mass is 297 g/mol. The minimum absolute atomic E-state index is 0.128. The fourth-order valence-corrected chi connectivity index (χ4v) is 2.20. The summed E-state index contributed by atoms with van der Waals surface area (Å²) in [6.07, 6.45) is 0.128. The molecule has 1 heterocycles. The van der Waals surface area contributed by atoms with Crippen LogP contribution in [0.2, 0.25) is 5.02 Å². The lowest BCUT2D eigenvalue weighted by atomic mass is 10.1. The molecule has 1 fully saturated rings. The summed E-state index contributed by atoms with van der Waals surface area (Å²) in [6.45, 7) is 0. The van der Waals surface area contributed by atoms with Gasteiger partial charge in [-0.1, -0.05) is 23.8 Å². The quantitative estimate of drug-likeness (QED) is 0.646. The van der Waals surface area contributed by atoms with Crippen molar-refractivity contribution in [2.75, 3.05) is 12.4 Å². The Morgan fingerprint density at radius 2 is 2.21 bits per heavy atom. The molecule has 2 amide bonds. The van der Waals surface area contributed by atoms with E-state index in [2.05, 4.69) is 5.32 Å². The molecule has 1 saturated heterocycles. The summed E-state index contributed by atoms with van der Waals surface area (Å²) in [4.78, 5) is 24.5. The minimum atomic E-state index is -0.578. The van der Waals surface area contributed by atoms with Gasteiger partial charge in [0.15, 0.2) is 0 Å². The molecule has 1 atom stereocenters. The van der Waals surface area contributed by atoms with E-state index >= 15 is 0 Å². The molecule has 19 heavy (non-hydrogen) atoms. The average molecular weight is 298 g/mol. The number of hydrogen-bond donors (Lipinski definition) is 2. The van der Waals surface area contributed by atoms with Gasteiger partial charge in [0, 0.05) is 12.6 Å². The molecule has 0 spiro atoms. The van der Waals surface area contributed by atoms with Gasteiger partial charge in [-0.15, -0.1) is 0 Å². The number of halogens is 1. The Labute approximate surface area is 120 Å². The van der Waals surface area contributed by atoms with Gasteiger partial charge >= 0.3 is 0 Å². The maximum atomic E-state index is 11.8. The minimum Gasteiger partial charge on any atom is -0.389 e. The van der Waals surface area contributed by atoms with Gasteiger partial charge < -0.3 is 11.1 Å². The van der Waals surface area contributed by atoms with Crippen LogP contribution in [0, 0.1) is 0 Å². The molecule has 1 aliphatic rings. The molecule has 3 N–H and O–H groups in total. The molecule has 100 valence electrons. The summed E-state index contributed by atoms with van der Waals surface area (Å²) in [5, 5.41) is 3.36. The Kier molecular flexibility index (Phi) is 3.73. The Balaban J connectivity index is 2.19. The van der Waals surface area contributed by atoms with Crippen LogP contribution in [0.3, 0.4) is 0 Å². The summed E-state index contributed by atoms with van der Waals surface area (Å²) < 4.78 is 0. The lowest BCUT2D eigenvalue weighted by Crippen LogP contribution is -2.31. The number of rotatable bonds is 3. The third-order valence-electron chi connectivity index (χ3n) is 2.96. The molecule has 1 unspecified atom stereocenters. The van der Waals surface area contributed by atoms with Gasteiger partial charge in [0.25, 0.3) is 5.91 Å². The first-order chi connectivity index (χ1) is 8.90. The van der Waals surface area contributed by atoms with E-state index in [1.807, 2.05) is 0 Å². The first kappa shape index (κ1) is 13.8. The third kappa shape index (κ3) is 2.69. The number of nitrogens with zero attached hydrogens (tertiary/aromatic N) is 1. The van der Waals surface area contributed by atoms with E-state index in [-0.39, 0.29) is 23.2 Å². The molecule has 1 aromatic rings. The number of carbonyl (C=O) groups is 2. The molecular formula is C12H12ClN3O2S. The number of hydrogen-bond acceptors (Lipinski definition) is 4. The van der Waals surface area contributed by atoms with Crippen molar-refractivity contribution in [1.82, 2.24) is 4.90 Å². The number of thiocarbonyl (C=S) groups is 1. The first-order valence-electron chi connectivity index (χ1n) is 5.56. The largest absolute Gasteiger partial charge is 0.389 e. The molecule has 7 heteroatoms. The average Bonchev–Trinajstić information content (AvgIpc) is 2.59. The lowest BCUT2D eigenvalue weighted by Gasteiger charge is -2.14. The zero-order valence-corrected chi connectivity index (χ0v) is 11.7. The predicted molar refractivity (Wildman–Crippen MR) is 77.1 cm³/mol. The number of nitrogens with one attached hydrogen (secondary N) is 1. The Bertz CT molecular complexity index is 576. The topological polar surface area (TPSA) is 75.4 Å². The first-order valence-corrected chi connectivity index (χ1v) is 6.35. The molecule has 0 radical (unpaired) electrons. The standard InChI is InChI=1S/C12H12ClN3O2S/c1-16-10(17)5-9(12(16)18)15-8-3-2-6(11(14)19)4-7(8)13/h2-4,9,15H,5H2,1H3,(H2,14,19). The SMILES string of the molecule is CN1C(=O)CC(Nc2ccc(C(N)=S)cc2Cl)C1=O. The highest BCUT2D eigenvalue weighted by atomic mass is 35.5. The zero-order chi connectivity index (χ0) is 14.2. The zero-order valence-electron chi connectivity index (χ0n) is 10.1. The van der Waals surface area contributed by atoms with Crippen LogP contribution >= 0.6 is 23.8 Å². The van der Waals surface area contributed by atoms with E-state index < -0.39 is 6.04 Å². The highest BCUT2D eigenvalue weighted by molar-refractivity contribution is 7.80. The Morgan fingerprint density at radius 1 is 1.53 bits per heavy atom. The maximum absolute atomic E-state index is 11.8. The van der Waals surface area contributed by atoms with Crippen LogP contribution in [0.4, 0.5) is 5.69 Å². The molecule has 5 nitrogen and oxygen atoms in total. The number of likely N-dealkylation sites (tertiary alicyclic amines) is 1. The lowest BCUT2D eigenvalue weighted by molar-refractivity contribution is -0.136. The summed E-state index contributed by atoms with van der Waals surface area (Å²) in [6, 6.07) is 4.44. The number of nitrogens with two attached hydrogens (primary N) is 1. The summed E-state index contributed by atoms with van der Waals surface area (Å²) in [5.41, 5.74) is 6.72. The van der Waals surface area contributed by atoms with Gasteiger partial charge in [-0.25, -0.2) is 0 Å². The molecule has 0 aliphatic carbocycles. The number of likely N-dealkylation sites (N-methyl/N-ethyl adjacent to an activating group) is 1. The van der Waals surface area contributed by atoms with E-state index in [1.54, 1.807) is 18.2 Å². The molecule has 0 bridgehead atoms. The normalized spacial score (nSPS) is 18.8. The van der Waals surface area contributed by atoms with Crippen molar-refractivity contribution in [2.24, 2.45) is 5.73 Å². The van der Waals surface area contributed by atoms with E-state index in [0.717, 1.165) is 4.90 Å². The molecule has 1 aromatic carbocycles. The van der Waals surface area contributed by atoms with Crippen LogP contribution in [-0.2, 0) is 9.59 Å². The second-order valence-corrected chi connectivity index (χ2v) is 5.10. The molecule has 2 rings (SSSR count). The van der Waals surface area contributed by atoms with Crippen LogP contribution in [0.25, 0.3) is 0 Å². The van der Waals surface area contributed by atoms with Gasteiger partial charge in [0.2, 0.25) is 5.91 Å². The van der Waals surface area contributed by atoms with Crippen LogP contribution in [0.15, 0.2) is 18.2 Å². The van der Waals surface area contributed by atoms with Gasteiger partial charge in [-0.2, -0.15) is 0 Å². The van der Waals surface area contributed by atoms with Crippen LogP contribution < -0.4 is 11.1 Å². The van der Waals surface area contributed by atoms with Crippen LogP contribution in [0.5, 0.6) is 0 Å². The van der Waals surface area contributed by atoms with E-state index in [0.29, 0.717) is 16.3 Å². The highest BCUT2D eigenvalue weighted by Gasteiger charge is 2.36. The third-order valence-corrected chi connectivity index (χ3v) is 3.51. The van der Waals surface area contributed by atoms with Crippen molar-refractivity contribution in [3.8, 4) is 0 Å². The second kappa shape index (κ2) is 5.14. The predicted octanol–water partition coefficient (Wildman–Crippen LogP) is 1.14. The second-order valence-electron chi connectivity index (χ2n) is 4.25. The number of carbonyl (C=O) groups excluding carboxylic acids is 2. The summed E-state index contributed by atoms with van der Waals surface area (Å²) in [7, 11) is 1.46. The van der Waals surface area contributed by atoms with Crippen molar-refractivity contribution in [3.05, 3.63) is 28.8 Å². The Morgan fingerprint density at radius 3 is 2.68 bits per heavy atom. The molecule has 1 aliphatic heterocycles. The van der Waals surface area contributed by atoms with Gasteiger partial charge in [0.05, 0.1) is 17.1 Å². The maximum Gasteiger partial charge on any atom is 0.251 e. The van der Waals surface area contributed by atoms with Crippen molar-refractivity contribution >= 4 is 46.3 Å². The number of imide groups is 1. The Hall–Kier alpha value is -1.66. The molecular weight excluding hydrogens is 286 g/mol. The van der Waals surface area contributed by atoms with Crippen molar-refractivity contribution < 1.29 is 9.59 Å². The smallest absolute Gasteiger partial charge is 0.251 e. The van der Waals surface area contributed by atoms with E-state index in [1.165, 1.54) is 7.05 Å². The fraction of sp³-hybridized carbons (Fsp3) is 0.250. The van der Waals surface area contributed by atoms with E-state index in [4.69, 9.17) is 29.6 Å². The molecule has 0 aromatic heterocycles. The van der Waals surface area contributed by atoms with Crippen LogP contribution in [0.1, 0.15) is 12.0 Å². The highest BCUT2D eigenvalue weighted by Crippen LogP contribution is 2.26.